The molecule has 24 heavy (non-hydrogen) atoms. The summed E-state index contributed by atoms with van der Waals surface area (Å²) in [5.41, 5.74) is 0.353. The summed E-state index contributed by atoms with van der Waals surface area (Å²) in [7, 11) is 1.36. The number of methoxy groups -OCH3 is 1. The maximum atomic E-state index is 12.2. The molecule has 0 unspecified atom stereocenters. The average Bonchev–Trinajstić information content (AvgIpc) is 2.57. The largest absolute Gasteiger partial charge is 0.508 e. The van der Waals surface area contributed by atoms with Gasteiger partial charge in [0.15, 0.2) is 11.5 Å². The molecule has 2 rings (SSSR count). The first kappa shape index (κ1) is 17.2. The lowest BCUT2D eigenvalue weighted by molar-refractivity contribution is -0.112. The molecule has 2 aromatic carbocycles. The van der Waals surface area contributed by atoms with Gasteiger partial charge in [-0.05, 0) is 36.4 Å². The molecule has 0 fully saturated rings. The number of carbonyl (C=O) groups excluding carboxylic acids is 1. The van der Waals surface area contributed by atoms with E-state index in [-0.39, 0.29) is 33.4 Å². The molecule has 0 aliphatic carbocycles. The lowest BCUT2D eigenvalue weighted by atomic mass is 10.1. The number of hydrogen-bond acceptors (Lipinski definition) is 5. The predicted octanol–water partition coefficient (Wildman–Crippen LogP) is 3.31. The maximum Gasteiger partial charge on any atom is 0.266 e. The van der Waals surface area contributed by atoms with Crippen molar-refractivity contribution in [3.05, 3.63) is 52.6 Å². The number of nitriles is 1. The quantitative estimate of drug-likeness (QED) is 0.448. The van der Waals surface area contributed by atoms with E-state index in [1.807, 2.05) is 0 Å². The number of benzene rings is 2. The molecule has 0 saturated carbocycles. The minimum atomic E-state index is -0.665. The summed E-state index contributed by atoms with van der Waals surface area (Å²) < 4.78 is 4.98. The van der Waals surface area contributed by atoms with Gasteiger partial charge in [0.05, 0.1) is 7.11 Å². The second kappa shape index (κ2) is 7.40. The van der Waals surface area contributed by atoms with Crippen LogP contribution in [0.1, 0.15) is 5.56 Å². The van der Waals surface area contributed by atoms with E-state index in [1.54, 1.807) is 6.07 Å². The zero-order chi connectivity index (χ0) is 17.7. The van der Waals surface area contributed by atoms with Crippen molar-refractivity contribution >= 4 is 29.3 Å². The van der Waals surface area contributed by atoms with Crippen molar-refractivity contribution in [2.75, 3.05) is 12.4 Å². The molecule has 0 radical (unpaired) electrons. The molecule has 7 heteroatoms. The molecule has 122 valence electrons. The lowest BCUT2D eigenvalue weighted by Gasteiger charge is -2.08. The van der Waals surface area contributed by atoms with Gasteiger partial charge < -0.3 is 20.3 Å². The second-order valence-corrected chi connectivity index (χ2v) is 5.15. The zero-order valence-electron chi connectivity index (χ0n) is 12.6. The number of ether oxygens (including phenoxy) is 1. The zero-order valence-corrected chi connectivity index (χ0v) is 13.3. The molecular formula is C17H13ClN2O4. The SMILES string of the molecule is COc1cc(Cl)cc(C=C(C#N)C(=O)Nc2ccc(O)cc2)c1O. The van der Waals surface area contributed by atoms with E-state index in [1.165, 1.54) is 49.6 Å². The first-order chi connectivity index (χ1) is 11.4. The molecule has 0 aliphatic heterocycles. The van der Waals surface area contributed by atoms with Crippen molar-refractivity contribution in [2.45, 2.75) is 0 Å². The number of nitrogens with one attached hydrogen (secondary N) is 1. The van der Waals surface area contributed by atoms with E-state index in [0.29, 0.717) is 5.69 Å². The summed E-state index contributed by atoms with van der Waals surface area (Å²) in [6.45, 7) is 0. The molecule has 0 heterocycles. The third kappa shape index (κ3) is 3.97. The van der Waals surface area contributed by atoms with Crippen LogP contribution < -0.4 is 10.1 Å². The Labute approximate surface area is 143 Å². The fourth-order valence-corrected chi connectivity index (χ4v) is 2.12. The van der Waals surface area contributed by atoms with E-state index in [4.69, 9.17) is 16.3 Å². The number of aromatic hydroxyl groups is 2. The first-order valence-electron chi connectivity index (χ1n) is 6.73. The topological polar surface area (TPSA) is 103 Å². The number of amides is 1. The van der Waals surface area contributed by atoms with Crippen molar-refractivity contribution in [1.82, 2.24) is 0 Å². The summed E-state index contributed by atoms with van der Waals surface area (Å²) in [6, 6.07) is 10.4. The van der Waals surface area contributed by atoms with E-state index in [0.717, 1.165) is 0 Å². The Balaban J connectivity index is 2.32. The van der Waals surface area contributed by atoms with Crippen LogP contribution in [0.15, 0.2) is 42.0 Å². The Hall–Kier alpha value is -3.17. The average molecular weight is 345 g/mol. The Bertz CT molecular complexity index is 839. The fourth-order valence-electron chi connectivity index (χ4n) is 1.91. The van der Waals surface area contributed by atoms with Crippen molar-refractivity contribution in [1.29, 1.82) is 5.26 Å². The smallest absolute Gasteiger partial charge is 0.266 e. The van der Waals surface area contributed by atoms with Crippen molar-refractivity contribution in [3.63, 3.8) is 0 Å². The number of phenolic OH excluding ortho intramolecular Hbond substituents is 2. The summed E-state index contributed by atoms with van der Waals surface area (Å²) >= 11 is 5.92. The summed E-state index contributed by atoms with van der Waals surface area (Å²) in [6.07, 6.45) is 1.21. The third-order valence-corrected chi connectivity index (χ3v) is 3.30. The highest BCUT2D eigenvalue weighted by Gasteiger charge is 2.14. The first-order valence-corrected chi connectivity index (χ1v) is 7.11. The highest BCUT2D eigenvalue weighted by atomic mass is 35.5. The Kier molecular flexibility index (Phi) is 5.30. The van der Waals surface area contributed by atoms with Crippen LogP contribution in [0.3, 0.4) is 0 Å². The van der Waals surface area contributed by atoms with Gasteiger partial charge in [-0.25, -0.2) is 0 Å². The fraction of sp³-hybridized carbons (Fsp3) is 0.0588. The van der Waals surface area contributed by atoms with Gasteiger partial charge in [-0.1, -0.05) is 11.6 Å². The monoisotopic (exact) mass is 344 g/mol. The van der Waals surface area contributed by atoms with Crippen LogP contribution >= 0.6 is 11.6 Å². The Morgan fingerprint density at radius 1 is 1.29 bits per heavy atom. The number of hydrogen-bond donors (Lipinski definition) is 3. The molecule has 0 aromatic heterocycles. The van der Waals surface area contributed by atoms with Crippen LogP contribution in [0.2, 0.25) is 5.02 Å². The summed E-state index contributed by atoms with van der Waals surface area (Å²) in [5.74, 6) is -0.710. The number of rotatable bonds is 4. The van der Waals surface area contributed by atoms with Gasteiger partial charge in [0.1, 0.15) is 17.4 Å². The van der Waals surface area contributed by atoms with Gasteiger partial charge >= 0.3 is 0 Å². The normalized spacial score (nSPS) is 10.8. The molecule has 0 bridgehead atoms. The van der Waals surface area contributed by atoms with Gasteiger partial charge in [0.2, 0.25) is 0 Å². The molecule has 0 spiro atoms. The van der Waals surface area contributed by atoms with Gasteiger partial charge in [0.25, 0.3) is 5.91 Å². The minimum absolute atomic E-state index is 0.0555. The van der Waals surface area contributed by atoms with Crippen LogP contribution in [0.4, 0.5) is 5.69 Å². The lowest BCUT2D eigenvalue weighted by Crippen LogP contribution is -2.13. The minimum Gasteiger partial charge on any atom is -0.508 e. The van der Waals surface area contributed by atoms with Gasteiger partial charge in [-0.2, -0.15) is 5.26 Å². The molecule has 0 saturated heterocycles. The molecular weight excluding hydrogens is 332 g/mol. The molecule has 1 amide bonds. The number of anilines is 1. The number of carbonyl (C=O) groups is 1. The van der Waals surface area contributed by atoms with Crippen molar-refractivity contribution in [3.8, 4) is 23.3 Å². The van der Waals surface area contributed by atoms with Crippen molar-refractivity contribution in [2.24, 2.45) is 0 Å². The number of phenols is 2. The van der Waals surface area contributed by atoms with Crippen LogP contribution in [0.5, 0.6) is 17.2 Å². The van der Waals surface area contributed by atoms with Gasteiger partial charge in [-0.15, -0.1) is 0 Å². The third-order valence-electron chi connectivity index (χ3n) is 3.08. The molecule has 0 atom stereocenters. The van der Waals surface area contributed by atoms with Crippen LogP contribution in [-0.4, -0.2) is 23.2 Å². The van der Waals surface area contributed by atoms with Crippen LogP contribution in [0, 0.1) is 11.3 Å². The molecule has 3 N–H and O–H groups in total. The highest BCUT2D eigenvalue weighted by molar-refractivity contribution is 6.31. The summed E-state index contributed by atoms with van der Waals surface area (Å²) in [4.78, 5) is 12.2. The van der Waals surface area contributed by atoms with E-state index in [9.17, 15) is 20.3 Å². The van der Waals surface area contributed by atoms with E-state index >= 15 is 0 Å². The predicted molar refractivity (Wildman–Crippen MR) is 90.0 cm³/mol. The van der Waals surface area contributed by atoms with Gasteiger partial charge in [0, 0.05) is 22.3 Å². The number of halogens is 1. The van der Waals surface area contributed by atoms with E-state index in [2.05, 4.69) is 5.32 Å². The molecule has 2 aromatic rings. The van der Waals surface area contributed by atoms with Crippen LogP contribution in [-0.2, 0) is 4.79 Å². The van der Waals surface area contributed by atoms with E-state index < -0.39 is 5.91 Å². The maximum absolute atomic E-state index is 12.2. The molecule has 0 aliphatic rings. The summed E-state index contributed by atoms with van der Waals surface area (Å²) in [5, 5.41) is 31.3. The van der Waals surface area contributed by atoms with Gasteiger partial charge in [-0.3, -0.25) is 4.79 Å². The Morgan fingerprint density at radius 2 is 1.96 bits per heavy atom. The second-order valence-electron chi connectivity index (χ2n) is 4.72. The van der Waals surface area contributed by atoms with Crippen LogP contribution in [0.25, 0.3) is 6.08 Å². The highest BCUT2D eigenvalue weighted by Crippen LogP contribution is 2.34. The van der Waals surface area contributed by atoms with Crippen molar-refractivity contribution < 1.29 is 19.7 Å². The molecule has 6 nitrogen and oxygen atoms in total. The number of nitrogens with zero attached hydrogens (tertiary/aromatic N) is 1. The Morgan fingerprint density at radius 3 is 2.54 bits per heavy atom. The standard InChI is InChI=1S/C17H13ClN2O4/c1-24-15-8-12(18)7-10(16(15)22)6-11(9-19)17(23)20-13-2-4-14(21)5-3-13/h2-8,21-22H,1H3,(H,20,23).